The zero-order valence-electron chi connectivity index (χ0n) is 18.4. The van der Waals surface area contributed by atoms with E-state index in [0.29, 0.717) is 11.3 Å². The zero-order valence-corrected chi connectivity index (χ0v) is 18.4. The standard InChI is InChI=1S/C24H20N4O6/c1-15-5-3-7-19-25-17(11-21(29)27(15)19)13-33-23(31)9-10-24(32)34-14-18-12-22(30)28-16(2)6-4-8-20(28)26-18/h3-12H,13-14H2,1-2H3. The fraction of sp³-hybridized carbons (Fsp3) is 0.167. The molecule has 4 aromatic heterocycles. The van der Waals surface area contributed by atoms with E-state index in [2.05, 4.69) is 9.97 Å². The number of hydrogen-bond acceptors (Lipinski definition) is 8. The first-order valence-electron chi connectivity index (χ1n) is 10.3. The van der Waals surface area contributed by atoms with Crippen LogP contribution in [0.25, 0.3) is 11.3 Å². The van der Waals surface area contributed by atoms with Crippen molar-refractivity contribution in [3.05, 3.63) is 104 Å². The molecule has 10 nitrogen and oxygen atoms in total. The number of carbonyl (C=O) groups excluding carboxylic acids is 2. The predicted molar refractivity (Wildman–Crippen MR) is 121 cm³/mol. The third-order valence-electron chi connectivity index (χ3n) is 4.95. The molecule has 0 spiro atoms. The maximum atomic E-state index is 12.3. The van der Waals surface area contributed by atoms with Crippen molar-refractivity contribution < 1.29 is 19.1 Å². The number of aromatic nitrogens is 4. The molecule has 4 aromatic rings. The highest BCUT2D eigenvalue weighted by molar-refractivity contribution is 5.91. The Morgan fingerprint density at radius 1 is 0.765 bits per heavy atom. The lowest BCUT2D eigenvalue weighted by atomic mass is 10.3. The van der Waals surface area contributed by atoms with Gasteiger partial charge in [0.05, 0.1) is 11.4 Å². The van der Waals surface area contributed by atoms with E-state index in [9.17, 15) is 19.2 Å². The smallest absolute Gasteiger partial charge is 0.331 e. The van der Waals surface area contributed by atoms with Crippen molar-refractivity contribution in [1.82, 2.24) is 18.8 Å². The second-order valence-corrected chi connectivity index (χ2v) is 7.44. The summed E-state index contributed by atoms with van der Waals surface area (Å²) in [5, 5.41) is 0. The van der Waals surface area contributed by atoms with Gasteiger partial charge in [0.1, 0.15) is 24.5 Å². The fourth-order valence-electron chi connectivity index (χ4n) is 3.40. The Labute approximate surface area is 192 Å². The molecular formula is C24H20N4O6. The fourth-order valence-corrected chi connectivity index (χ4v) is 3.40. The monoisotopic (exact) mass is 460 g/mol. The zero-order chi connectivity index (χ0) is 24.2. The molecule has 172 valence electrons. The lowest BCUT2D eigenvalue weighted by Crippen LogP contribution is -2.18. The van der Waals surface area contributed by atoms with E-state index in [4.69, 9.17) is 9.47 Å². The third-order valence-corrected chi connectivity index (χ3v) is 4.95. The van der Waals surface area contributed by atoms with Gasteiger partial charge in [-0.25, -0.2) is 19.6 Å². The Morgan fingerprint density at radius 3 is 1.59 bits per heavy atom. The quantitative estimate of drug-likeness (QED) is 0.315. The maximum absolute atomic E-state index is 12.3. The van der Waals surface area contributed by atoms with Crippen molar-refractivity contribution in [2.45, 2.75) is 27.1 Å². The number of ether oxygens (including phenoxy) is 2. The van der Waals surface area contributed by atoms with Gasteiger partial charge in [-0.2, -0.15) is 0 Å². The van der Waals surface area contributed by atoms with Gasteiger partial charge in [0.15, 0.2) is 0 Å². The van der Waals surface area contributed by atoms with Gasteiger partial charge in [0.2, 0.25) is 0 Å². The Balaban J connectivity index is 1.33. The number of fused-ring (bicyclic) bond motifs is 2. The largest absolute Gasteiger partial charge is 0.456 e. The average Bonchev–Trinajstić information content (AvgIpc) is 2.79. The molecule has 4 heterocycles. The van der Waals surface area contributed by atoms with Gasteiger partial charge in [-0.05, 0) is 38.1 Å². The summed E-state index contributed by atoms with van der Waals surface area (Å²) in [7, 11) is 0. The van der Waals surface area contributed by atoms with Crippen molar-refractivity contribution in [3.8, 4) is 0 Å². The van der Waals surface area contributed by atoms with Gasteiger partial charge in [-0.1, -0.05) is 12.1 Å². The highest BCUT2D eigenvalue weighted by Crippen LogP contribution is 2.06. The van der Waals surface area contributed by atoms with Gasteiger partial charge < -0.3 is 9.47 Å². The molecule has 34 heavy (non-hydrogen) atoms. The van der Waals surface area contributed by atoms with Gasteiger partial charge in [-0.15, -0.1) is 0 Å². The van der Waals surface area contributed by atoms with Gasteiger partial charge in [0.25, 0.3) is 11.1 Å². The van der Waals surface area contributed by atoms with Crippen LogP contribution < -0.4 is 11.1 Å². The summed E-state index contributed by atoms with van der Waals surface area (Å²) < 4.78 is 13.0. The molecule has 0 aliphatic carbocycles. The van der Waals surface area contributed by atoms with Gasteiger partial charge in [0, 0.05) is 35.7 Å². The number of nitrogens with zero attached hydrogens (tertiary/aromatic N) is 4. The molecule has 0 atom stereocenters. The normalized spacial score (nSPS) is 11.2. The first-order chi connectivity index (χ1) is 16.3. The van der Waals surface area contributed by atoms with Crippen LogP contribution in [0.2, 0.25) is 0 Å². The highest BCUT2D eigenvalue weighted by atomic mass is 16.5. The lowest BCUT2D eigenvalue weighted by molar-refractivity contribution is -0.141. The number of carbonyl (C=O) groups is 2. The lowest BCUT2D eigenvalue weighted by Gasteiger charge is -2.07. The minimum atomic E-state index is -0.805. The summed E-state index contributed by atoms with van der Waals surface area (Å²) in [5.74, 6) is -1.61. The molecular weight excluding hydrogens is 440 g/mol. The molecule has 0 saturated heterocycles. The Bertz CT molecular complexity index is 1450. The molecule has 0 aliphatic rings. The molecule has 4 rings (SSSR count). The van der Waals surface area contributed by atoms with Gasteiger partial charge in [-0.3, -0.25) is 18.4 Å². The Kier molecular flexibility index (Phi) is 6.30. The molecule has 10 heteroatoms. The second-order valence-electron chi connectivity index (χ2n) is 7.44. The molecule has 0 amide bonds. The van der Waals surface area contributed by atoms with Crippen LogP contribution in [-0.4, -0.2) is 30.7 Å². The summed E-state index contributed by atoms with van der Waals surface area (Å²) in [6.45, 7) is 3.11. The Morgan fingerprint density at radius 2 is 1.18 bits per heavy atom. The van der Waals surface area contributed by atoms with E-state index < -0.39 is 11.9 Å². The van der Waals surface area contributed by atoms with Crippen LogP contribution in [0.4, 0.5) is 0 Å². The highest BCUT2D eigenvalue weighted by Gasteiger charge is 2.09. The molecule has 0 aliphatic heterocycles. The number of hydrogen-bond donors (Lipinski definition) is 0. The third kappa shape index (κ3) is 4.90. The van der Waals surface area contributed by atoms with Crippen LogP contribution in [-0.2, 0) is 32.3 Å². The molecule has 0 fully saturated rings. The van der Waals surface area contributed by atoms with Crippen LogP contribution in [0.1, 0.15) is 22.8 Å². The van der Waals surface area contributed by atoms with Crippen LogP contribution in [0, 0.1) is 13.8 Å². The number of esters is 2. The molecule has 0 aromatic carbocycles. The Hall–Kier alpha value is -4.60. The van der Waals surface area contributed by atoms with Gasteiger partial charge >= 0.3 is 11.9 Å². The maximum Gasteiger partial charge on any atom is 0.331 e. The number of pyridine rings is 2. The van der Waals surface area contributed by atoms with Crippen molar-refractivity contribution in [2.24, 2.45) is 0 Å². The summed E-state index contributed by atoms with van der Waals surface area (Å²) in [6, 6.07) is 13.0. The summed E-state index contributed by atoms with van der Waals surface area (Å²) in [5.41, 5.74) is 2.34. The van der Waals surface area contributed by atoms with Crippen molar-refractivity contribution in [3.63, 3.8) is 0 Å². The SMILES string of the molecule is Cc1cccc2nc(COC(=O)C=CC(=O)OCc3cc(=O)n4c(C)cccc4n3)cc(=O)n12. The van der Waals surface area contributed by atoms with Crippen LogP contribution in [0.5, 0.6) is 0 Å². The van der Waals surface area contributed by atoms with E-state index in [0.717, 1.165) is 23.5 Å². The summed E-state index contributed by atoms with van der Waals surface area (Å²) >= 11 is 0. The van der Waals surface area contributed by atoms with Crippen LogP contribution in [0.15, 0.2) is 70.3 Å². The average molecular weight is 460 g/mol. The van der Waals surface area contributed by atoms with Crippen molar-refractivity contribution in [1.29, 1.82) is 0 Å². The molecule has 0 radical (unpaired) electrons. The first-order valence-corrected chi connectivity index (χ1v) is 10.3. The molecule has 0 bridgehead atoms. The topological polar surface area (TPSA) is 121 Å². The van der Waals surface area contributed by atoms with Crippen molar-refractivity contribution in [2.75, 3.05) is 0 Å². The minimum absolute atomic E-state index is 0.234. The molecule has 0 unspecified atom stereocenters. The molecule has 0 N–H and O–H groups in total. The van der Waals surface area contributed by atoms with E-state index in [1.54, 1.807) is 50.2 Å². The molecule has 0 saturated carbocycles. The van der Waals surface area contributed by atoms with E-state index >= 15 is 0 Å². The number of aryl methyl sites for hydroxylation is 2. The second kappa shape index (κ2) is 9.49. The summed E-state index contributed by atoms with van der Waals surface area (Å²) in [6.07, 6.45) is 1.82. The number of rotatable bonds is 6. The first kappa shape index (κ1) is 22.6. The summed E-state index contributed by atoms with van der Waals surface area (Å²) in [4.78, 5) is 57.0. The van der Waals surface area contributed by atoms with Crippen LogP contribution >= 0.6 is 0 Å². The minimum Gasteiger partial charge on any atom is -0.456 e. The van der Waals surface area contributed by atoms with Crippen LogP contribution in [0.3, 0.4) is 0 Å². The predicted octanol–water partition coefficient (Wildman–Crippen LogP) is 1.66. The van der Waals surface area contributed by atoms with E-state index in [1.807, 2.05) is 0 Å². The van der Waals surface area contributed by atoms with E-state index in [-0.39, 0.29) is 35.7 Å². The van der Waals surface area contributed by atoms with Crippen molar-refractivity contribution >= 4 is 23.2 Å². The van der Waals surface area contributed by atoms with E-state index in [1.165, 1.54) is 20.9 Å².